The first-order valence-electron chi connectivity index (χ1n) is 4.74. The number of aliphatic carboxylic acids is 1. The number of furan rings is 1. The van der Waals surface area contributed by atoms with Crippen molar-refractivity contribution < 1.29 is 19.2 Å². The quantitative estimate of drug-likeness (QED) is 0.599. The van der Waals surface area contributed by atoms with Gasteiger partial charge >= 0.3 is 11.9 Å². The zero-order valence-corrected chi connectivity index (χ0v) is 8.33. The molecule has 1 aromatic heterocycles. The van der Waals surface area contributed by atoms with Crippen LogP contribution in [-0.2, 0) is 11.3 Å². The van der Waals surface area contributed by atoms with Crippen LogP contribution < -0.4 is 0 Å². The highest BCUT2D eigenvalue weighted by Gasteiger charge is 2.32. The van der Waals surface area contributed by atoms with Crippen molar-refractivity contribution in [3.8, 4) is 0 Å². The van der Waals surface area contributed by atoms with Gasteiger partial charge in [-0.25, -0.2) is 0 Å². The second-order valence-electron chi connectivity index (χ2n) is 3.73. The molecule has 1 saturated heterocycles. The lowest BCUT2D eigenvalue weighted by molar-refractivity contribution is -0.402. The Balaban J connectivity index is 1.87. The van der Waals surface area contributed by atoms with Crippen LogP contribution in [0.4, 0.5) is 5.88 Å². The van der Waals surface area contributed by atoms with E-state index in [2.05, 4.69) is 0 Å². The molecular formula is C9H10N2O5. The zero-order valence-electron chi connectivity index (χ0n) is 8.33. The molecule has 0 amide bonds. The third kappa shape index (κ3) is 2.03. The molecule has 1 aliphatic rings. The fourth-order valence-corrected chi connectivity index (χ4v) is 1.63. The van der Waals surface area contributed by atoms with Crippen LogP contribution in [-0.4, -0.2) is 34.0 Å². The van der Waals surface area contributed by atoms with Crippen LogP contribution in [0, 0.1) is 16.0 Å². The number of carboxylic acid groups (broad SMARTS) is 1. The minimum Gasteiger partial charge on any atom is -0.481 e. The molecule has 1 N–H and O–H groups in total. The number of rotatable bonds is 4. The number of nitrogens with zero attached hydrogens (tertiary/aromatic N) is 2. The van der Waals surface area contributed by atoms with Crippen LogP contribution in [0.5, 0.6) is 0 Å². The van der Waals surface area contributed by atoms with E-state index in [9.17, 15) is 14.9 Å². The molecule has 1 aliphatic heterocycles. The first-order chi connectivity index (χ1) is 7.56. The van der Waals surface area contributed by atoms with Crippen molar-refractivity contribution >= 4 is 11.9 Å². The van der Waals surface area contributed by atoms with E-state index < -0.39 is 10.9 Å². The molecular weight excluding hydrogens is 216 g/mol. The lowest BCUT2D eigenvalue weighted by Crippen LogP contribution is -2.49. The molecule has 2 heterocycles. The van der Waals surface area contributed by atoms with Gasteiger partial charge in [0.25, 0.3) is 0 Å². The van der Waals surface area contributed by atoms with Gasteiger partial charge < -0.3 is 9.52 Å². The standard InChI is InChI=1S/C9H10N2O5/c12-9(13)6-3-10(4-6)5-7-1-2-8(16-7)11(14)15/h1-2,6H,3-5H2,(H,12,13). The summed E-state index contributed by atoms with van der Waals surface area (Å²) in [4.78, 5) is 22.1. The van der Waals surface area contributed by atoms with Crippen LogP contribution >= 0.6 is 0 Å². The highest BCUT2D eigenvalue weighted by molar-refractivity contribution is 5.71. The van der Waals surface area contributed by atoms with Crippen LogP contribution in [0.3, 0.4) is 0 Å². The molecule has 0 spiro atoms. The summed E-state index contributed by atoms with van der Waals surface area (Å²) in [5.74, 6) is -0.938. The number of nitro groups is 1. The zero-order chi connectivity index (χ0) is 11.7. The van der Waals surface area contributed by atoms with Gasteiger partial charge in [-0.1, -0.05) is 0 Å². The predicted octanol–water partition coefficient (Wildman–Crippen LogP) is 0.704. The molecule has 0 bridgehead atoms. The molecule has 7 heteroatoms. The Bertz CT molecular complexity index is 421. The highest BCUT2D eigenvalue weighted by Crippen LogP contribution is 2.22. The van der Waals surface area contributed by atoms with Gasteiger partial charge in [-0.2, -0.15) is 0 Å². The average molecular weight is 226 g/mol. The van der Waals surface area contributed by atoms with Gasteiger partial charge in [0.05, 0.1) is 18.5 Å². The number of carbonyl (C=O) groups is 1. The molecule has 7 nitrogen and oxygen atoms in total. The Morgan fingerprint density at radius 1 is 1.62 bits per heavy atom. The first kappa shape index (κ1) is 10.6. The highest BCUT2D eigenvalue weighted by atomic mass is 16.6. The normalized spacial score (nSPS) is 17.0. The SMILES string of the molecule is O=C(O)C1CN(Cc2ccc([N+](=O)[O-])o2)C1. The van der Waals surface area contributed by atoms with E-state index in [0.29, 0.717) is 25.4 Å². The Hall–Kier alpha value is -1.89. The van der Waals surface area contributed by atoms with Crippen LogP contribution in [0.25, 0.3) is 0 Å². The Morgan fingerprint density at radius 2 is 2.31 bits per heavy atom. The minimum absolute atomic E-state index is 0.287. The van der Waals surface area contributed by atoms with Gasteiger partial charge in [-0.05, 0) is 6.07 Å². The first-order valence-corrected chi connectivity index (χ1v) is 4.74. The van der Waals surface area contributed by atoms with Crippen LogP contribution in [0.1, 0.15) is 5.76 Å². The van der Waals surface area contributed by atoms with Crippen LogP contribution in [0.2, 0.25) is 0 Å². The topological polar surface area (TPSA) is 96.8 Å². The molecule has 0 radical (unpaired) electrons. The van der Waals surface area contributed by atoms with Gasteiger partial charge in [-0.15, -0.1) is 0 Å². The lowest BCUT2D eigenvalue weighted by Gasteiger charge is -2.35. The maximum absolute atomic E-state index is 10.5. The third-order valence-electron chi connectivity index (χ3n) is 2.51. The fourth-order valence-electron chi connectivity index (χ4n) is 1.63. The molecule has 1 fully saturated rings. The monoisotopic (exact) mass is 226 g/mol. The Kier molecular flexibility index (Phi) is 2.61. The molecule has 0 aromatic carbocycles. The van der Waals surface area contributed by atoms with Gasteiger partial charge in [0, 0.05) is 13.1 Å². The molecule has 0 atom stereocenters. The molecule has 0 unspecified atom stereocenters. The molecule has 16 heavy (non-hydrogen) atoms. The van der Waals surface area contributed by atoms with Crippen molar-refractivity contribution in [2.45, 2.75) is 6.54 Å². The summed E-state index contributed by atoms with van der Waals surface area (Å²) in [6.07, 6.45) is 0. The summed E-state index contributed by atoms with van der Waals surface area (Å²) in [6.45, 7) is 1.34. The third-order valence-corrected chi connectivity index (χ3v) is 2.51. The molecule has 0 saturated carbocycles. The Morgan fingerprint density at radius 3 is 2.81 bits per heavy atom. The second kappa shape index (κ2) is 3.93. The van der Waals surface area contributed by atoms with E-state index >= 15 is 0 Å². The number of hydrogen-bond donors (Lipinski definition) is 1. The van der Waals surface area contributed by atoms with Crippen LogP contribution in [0.15, 0.2) is 16.5 Å². The number of hydrogen-bond acceptors (Lipinski definition) is 5. The summed E-state index contributed by atoms with van der Waals surface area (Å²) in [5.41, 5.74) is 0. The fraction of sp³-hybridized carbons (Fsp3) is 0.444. The van der Waals surface area contributed by atoms with Crippen molar-refractivity contribution in [2.75, 3.05) is 13.1 Å². The van der Waals surface area contributed by atoms with Crippen molar-refractivity contribution in [3.05, 3.63) is 28.0 Å². The van der Waals surface area contributed by atoms with Crippen molar-refractivity contribution in [1.29, 1.82) is 0 Å². The maximum Gasteiger partial charge on any atom is 0.433 e. The summed E-state index contributed by atoms with van der Waals surface area (Å²) < 4.78 is 4.96. The van der Waals surface area contributed by atoms with Crippen molar-refractivity contribution in [2.24, 2.45) is 5.92 Å². The maximum atomic E-state index is 10.5. The molecule has 1 aromatic rings. The largest absolute Gasteiger partial charge is 0.481 e. The molecule has 2 rings (SSSR count). The minimum atomic E-state index is -0.804. The van der Waals surface area contributed by atoms with Crippen molar-refractivity contribution in [3.63, 3.8) is 0 Å². The number of likely N-dealkylation sites (tertiary alicyclic amines) is 1. The number of carboxylic acids is 1. The van der Waals surface area contributed by atoms with Gasteiger partial charge in [0.1, 0.15) is 10.7 Å². The molecule has 86 valence electrons. The lowest BCUT2D eigenvalue weighted by atomic mass is 10.0. The Labute approximate surface area is 90.4 Å². The summed E-state index contributed by atoms with van der Waals surface area (Å²) in [7, 11) is 0. The summed E-state index contributed by atoms with van der Waals surface area (Å²) >= 11 is 0. The smallest absolute Gasteiger partial charge is 0.433 e. The van der Waals surface area contributed by atoms with Crippen molar-refractivity contribution in [1.82, 2.24) is 4.90 Å². The summed E-state index contributed by atoms with van der Waals surface area (Å²) in [6, 6.07) is 2.83. The van der Waals surface area contributed by atoms with E-state index in [1.165, 1.54) is 12.1 Å². The van der Waals surface area contributed by atoms with E-state index in [0.717, 1.165) is 0 Å². The van der Waals surface area contributed by atoms with E-state index in [-0.39, 0.29) is 11.8 Å². The predicted molar refractivity (Wildman–Crippen MR) is 51.8 cm³/mol. The molecule has 0 aliphatic carbocycles. The average Bonchev–Trinajstić information content (AvgIpc) is 2.58. The summed E-state index contributed by atoms with van der Waals surface area (Å²) in [5, 5.41) is 19.0. The second-order valence-corrected chi connectivity index (χ2v) is 3.73. The van der Waals surface area contributed by atoms with E-state index in [1.807, 2.05) is 4.90 Å². The van der Waals surface area contributed by atoms with E-state index in [4.69, 9.17) is 9.52 Å². The van der Waals surface area contributed by atoms with E-state index in [1.54, 1.807) is 0 Å². The van der Waals surface area contributed by atoms with Gasteiger partial charge in [0.15, 0.2) is 0 Å². The van der Waals surface area contributed by atoms with Gasteiger partial charge in [0.2, 0.25) is 0 Å². The van der Waals surface area contributed by atoms with Gasteiger partial charge in [-0.3, -0.25) is 19.8 Å².